The first-order valence-electron chi connectivity index (χ1n) is 17.6. The van der Waals surface area contributed by atoms with Crippen molar-refractivity contribution in [3.05, 3.63) is 221 Å². The number of carbonyl (C=O) groups excluding carboxylic acids is 4. The number of primary amides is 1. The number of esters is 2. The number of ether oxygens (including phenoxy) is 2. The zero-order valence-electron chi connectivity index (χ0n) is 42.4. The molecule has 0 aliphatic heterocycles. The number of halogens is 1. The number of non-ortho nitro benzene ring substituents is 3. The predicted octanol–water partition coefficient (Wildman–Crippen LogP) is 6.16. The number of aromatic carboxylic acids is 1. The van der Waals surface area contributed by atoms with Crippen LogP contribution in [0, 0.1) is 71.1 Å². The zero-order chi connectivity index (χ0) is 50.4. The largest absolute Gasteiger partial charge is 1.00 e. The Labute approximate surface area is 609 Å². The van der Waals surface area contributed by atoms with Crippen LogP contribution in [-0.4, -0.2) is 89.5 Å². The van der Waals surface area contributed by atoms with Gasteiger partial charge in [0.25, 0.3) is 29.0 Å². The van der Waals surface area contributed by atoms with E-state index < -0.39 is 32.5 Å². The monoisotopic (exact) mass is 1500 g/mol. The van der Waals surface area contributed by atoms with Crippen LogP contribution in [-0.2, 0) is 155 Å². The van der Waals surface area contributed by atoms with Crippen molar-refractivity contribution in [1.82, 2.24) is 9.97 Å². The Morgan fingerprint density at radius 1 is 0.632 bits per heavy atom. The maximum Gasteiger partial charge on any atom is 1.00 e. The van der Waals surface area contributed by atoms with E-state index >= 15 is 0 Å². The SMILES string of the molecule is CCOC(=O)C(=O)CBr.CCOC(=O)c1cs[c-]n1.N[C-]=O.N[C-]=S.O=C(O)c1cs[c-]n1.O=[N+]([O-])c1ccccc1.O=[N+]([O-])c1ccccc1.O=[N+]([O-])c1ccccc1.[CH3-].[CH3-].[CH3-].[CH3-].[K+].[OH-].[Y].[Y].[Y].[Y].c1ccccc1. The van der Waals surface area contributed by atoms with Gasteiger partial charge < -0.3 is 93.7 Å². The fourth-order valence-electron chi connectivity index (χ4n) is 3.07. The number of thiazole rings is 2. The summed E-state index contributed by atoms with van der Waals surface area (Å²) in [5, 5.41) is 41.3. The molecule has 0 fully saturated rings. The Hall–Kier alpha value is -1.73. The summed E-state index contributed by atoms with van der Waals surface area (Å²) in [7, 11) is 0. The minimum absolute atomic E-state index is 0. The van der Waals surface area contributed by atoms with Crippen LogP contribution in [0.3, 0.4) is 0 Å². The van der Waals surface area contributed by atoms with Crippen LogP contribution < -0.4 is 62.9 Å². The van der Waals surface area contributed by atoms with E-state index in [2.05, 4.69) is 70.1 Å². The van der Waals surface area contributed by atoms with Crippen molar-refractivity contribution < 1.29 is 241 Å². The number of thiocarbonyl (C=S) groups is 1. The van der Waals surface area contributed by atoms with E-state index in [9.17, 15) is 49.5 Å². The molecule has 31 heteroatoms. The van der Waals surface area contributed by atoms with Gasteiger partial charge >= 0.3 is 57.4 Å². The molecule has 6 rings (SSSR count). The predicted molar refractivity (Wildman–Crippen MR) is 280 cm³/mol. The molecule has 4 radical (unpaired) electrons. The van der Waals surface area contributed by atoms with Gasteiger partial charge in [-0.05, 0) is 24.9 Å². The number of nitrogens with two attached hydrogens (primary N) is 2. The number of hydrogen-bond acceptors (Lipinski definition) is 19. The van der Waals surface area contributed by atoms with Crippen LogP contribution >= 0.6 is 50.8 Å². The van der Waals surface area contributed by atoms with Gasteiger partial charge in [-0.2, -0.15) is 6.41 Å². The first-order chi connectivity index (χ1) is 31.6. The third-order valence-electron chi connectivity index (χ3n) is 5.67. The summed E-state index contributed by atoms with van der Waals surface area (Å²) in [5.41, 5.74) is 16.1. The molecule has 4 aromatic carbocycles. The number of aromatic nitrogens is 2. The van der Waals surface area contributed by atoms with Gasteiger partial charge in [0, 0.05) is 179 Å². The molecule has 22 nitrogen and oxygen atoms in total. The van der Waals surface area contributed by atoms with Gasteiger partial charge in [-0.15, -0.1) is 10.8 Å². The second-order valence-corrected chi connectivity index (χ2v) is 12.2. The fourth-order valence-corrected chi connectivity index (χ4v) is 4.23. The van der Waals surface area contributed by atoms with Gasteiger partial charge in [-0.25, -0.2) is 4.79 Å². The number of carbonyl (C=O) groups is 4. The number of carboxylic acids is 1. The Kier molecular flexibility index (Phi) is 108. The van der Waals surface area contributed by atoms with E-state index in [1.807, 2.05) is 41.9 Å². The topological polar surface area (TPSA) is 361 Å². The first-order valence-corrected chi connectivity index (χ1v) is 20.9. The Bertz CT molecular complexity index is 2090. The van der Waals surface area contributed by atoms with Crippen molar-refractivity contribution >= 4 is 103 Å². The normalized spacial score (nSPS) is 7.30. The van der Waals surface area contributed by atoms with E-state index in [0.29, 0.717) is 12.3 Å². The first kappa shape index (κ1) is 106. The maximum atomic E-state index is 10.8. The maximum absolute atomic E-state index is 10.8. The van der Waals surface area contributed by atoms with Crippen molar-refractivity contribution in [2.24, 2.45) is 11.5 Å². The number of nitro groups is 3. The molecular weight excluding hydrogens is 1450 g/mol. The number of amides is 1. The van der Waals surface area contributed by atoms with Crippen LogP contribution in [0.15, 0.2) is 138 Å². The molecular formula is C45H53BrKN7O15S3Y4-8. The average molecular weight is 1500 g/mol. The van der Waals surface area contributed by atoms with Crippen LogP contribution in [0.25, 0.3) is 0 Å². The molecule has 0 unspecified atom stereocenters. The second-order valence-electron chi connectivity index (χ2n) is 10.1. The third kappa shape index (κ3) is 66.6. The quantitative estimate of drug-likeness (QED) is 0.0168. The van der Waals surface area contributed by atoms with Gasteiger partial charge in [0.2, 0.25) is 5.78 Å². The van der Waals surface area contributed by atoms with Crippen molar-refractivity contribution in [3.63, 3.8) is 0 Å². The number of hydrogen-bond donors (Lipinski definition) is 3. The number of para-hydroxylation sites is 3. The molecule has 0 saturated heterocycles. The second kappa shape index (κ2) is 77.5. The van der Waals surface area contributed by atoms with Crippen LogP contribution in [0.1, 0.15) is 34.8 Å². The molecule has 0 atom stereocenters. The van der Waals surface area contributed by atoms with Gasteiger partial charge in [0.15, 0.2) is 0 Å². The van der Waals surface area contributed by atoms with Crippen molar-refractivity contribution in [3.8, 4) is 0 Å². The minimum Gasteiger partial charge on any atom is -0.870 e. The third-order valence-corrected chi connectivity index (χ3v) is 7.26. The molecule has 0 bridgehead atoms. The van der Waals surface area contributed by atoms with Crippen molar-refractivity contribution in [2.45, 2.75) is 13.8 Å². The number of rotatable bonds is 9. The molecule has 1 amide bonds. The van der Waals surface area contributed by atoms with Crippen LogP contribution in [0.2, 0.25) is 0 Å². The van der Waals surface area contributed by atoms with Crippen molar-refractivity contribution in [2.75, 3.05) is 18.5 Å². The Balaban J connectivity index is -0.0000000534. The average Bonchev–Trinajstić information content (AvgIpc) is 4.09. The summed E-state index contributed by atoms with van der Waals surface area (Å²) in [5.74, 6) is -2.69. The van der Waals surface area contributed by atoms with E-state index in [1.54, 1.807) is 73.8 Å². The Morgan fingerprint density at radius 3 is 1.05 bits per heavy atom. The summed E-state index contributed by atoms with van der Waals surface area (Å²) in [6.07, 6.45) is 1.00. The summed E-state index contributed by atoms with van der Waals surface area (Å²) in [4.78, 5) is 85.8. The fraction of sp³-hybridized carbons (Fsp3) is 0.111. The number of alkyl halides is 1. The standard InChI is InChI=1S/C6H6NO2S.3C6H5NO2.C6H6.C5H7BrO3.C4H2NO2S.CH2NO.CH2NS.4CH3.K.H2O.4Y/c1-2-9-6(8)5-3-10-4-7-5;3*8-7(9)6-4-2-1-3-5-6;1-2-4-6-5-3-1;1-2-9-5(8)4(7)3-6;6-4(7)3-1-8-2-5-3;2*2-1-3;;;;;;;;;;/h3H,2H2,1H3;3*1-5H;1-6H;2-3H2,1H3;1H,(H,6,7);2*(H2,2,3);4*1H3;;1H2;;;;/q-1;;;;;;7*-1;+1;;;;;/p-1. The molecule has 404 valence electrons. The summed E-state index contributed by atoms with van der Waals surface area (Å²) < 4.78 is 9.05. The minimum atomic E-state index is -0.998. The van der Waals surface area contributed by atoms with Gasteiger partial charge in [0.05, 0.1) is 33.3 Å². The van der Waals surface area contributed by atoms with Crippen LogP contribution in [0.5, 0.6) is 0 Å². The number of nitrogens with zero attached hydrogens (tertiary/aromatic N) is 5. The molecule has 0 saturated carbocycles. The van der Waals surface area contributed by atoms with E-state index in [0.717, 1.165) is 17.7 Å². The van der Waals surface area contributed by atoms with E-state index in [4.69, 9.17) is 9.90 Å². The molecule has 2 aromatic heterocycles. The van der Waals surface area contributed by atoms with E-state index in [1.165, 1.54) is 53.1 Å². The number of Topliss-reactive ketones (excluding diaryl/α,β-unsaturated/α-hetero) is 1. The molecule has 0 aliphatic carbocycles. The molecule has 6 N–H and O–H groups in total. The molecule has 76 heavy (non-hydrogen) atoms. The molecule has 2 heterocycles. The summed E-state index contributed by atoms with van der Waals surface area (Å²) in [6, 6.07) is 35.8. The summed E-state index contributed by atoms with van der Waals surface area (Å²) >= 11 is 9.16. The van der Waals surface area contributed by atoms with Crippen molar-refractivity contribution in [1.29, 1.82) is 0 Å². The summed E-state index contributed by atoms with van der Waals surface area (Å²) in [6.45, 7) is 4.04. The van der Waals surface area contributed by atoms with Crippen LogP contribution in [0.4, 0.5) is 17.1 Å². The van der Waals surface area contributed by atoms with E-state index in [-0.39, 0.29) is 258 Å². The number of benzene rings is 4. The molecule has 0 aliphatic rings. The van der Waals surface area contributed by atoms with Gasteiger partial charge in [0.1, 0.15) is 0 Å². The Morgan fingerprint density at radius 2 is 0.882 bits per heavy atom. The van der Waals surface area contributed by atoms with Gasteiger partial charge in [-0.1, -0.05) is 107 Å². The number of nitro benzene ring substituents is 3. The van der Waals surface area contributed by atoms with Gasteiger partial charge in [-0.3, -0.25) is 67.4 Å². The number of carboxylic acid groups (broad SMARTS) is 1. The number of ketones is 1. The zero-order valence-corrected chi connectivity index (χ0v) is 60.9. The molecule has 0 spiro atoms. The molecule has 6 aromatic rings. The smallest absolute Gasteiger partial charge is 0.870 e.